The van der Waals surface area contributed by atoms with Crippen LogP contribution in [0.3, 0.4) is 0 Å². The molecular formula is C30H39NO9. The Morgan fingerprint density at radius 2 is 1.85 bits per heavy atom. The first-order valence-electron chi connectivity index (χ1n) is 14.0. The maximum absolute atomic E-state index is 14.6. The molecule has 10 heteroatoms. The second kappa shape index (κ2) is 9.09. The minimum absolute atomic E-state index is 0.0966. The topological polar surface area (TPSA) is 156 Å². The molecule has 1 heterocycles. The molecule has 8 atom stereocenters. The van der Waals surface area contributed by atoms with E-state index in [0.29, 0.717) is 29.9 Å². The molecule has 218 valence electrons. The van der Waals surface area contributed by atoms with Crippen LogP contribution >= 0.6 is 0 Å². The van der Waals surface area contributed by atoms with Crippen LogP contribution in [0.2, 0.25) is 0 Å². The Bertz CT molecular complexity index is 1320. The number of ether oxygens (including phenoxy) is 2. The third-order valence-corrected chi connectivity index (χ3v) is 10.3. The number of carbonyl (C=O) groups excluding carboxylic acids is 3. The van der Waals surface area contributed by atoms with E-state index in [0.717, 1.165) is 0 Å². The molecule has 0 radical (unpaired) electrons. The third kappa shape index (κ3) is 3.39. The molecule has 2 unspecified atom stereocenters. The number of allylic oxidation sites excluding steroid dienone is 1. The predicted molar refractivity (Wildman–Crippen MR) is 141 cm³/mol. The van der Waals surface area contributed by atoms with Gasteiger partial charge in [0.05, 0.1) is 11.1 Å². The second-order valence-corrected chi connectivity index (χ2v) is 12.5. The fourth-order valence-electron chi connectivity index (χ4n) is 8.27. The van der Waals surface area contributed by atoms with E-state index in [1.165, 1.54) is 6.92 Å². The van der Waals surface area contributed by atoms with Crippen molar-refractivity contribution in [3.63, 3.8) is 0 Å². The summed E-state index contributed by atoms with van der Waals surface area (Å²) in [6, 6.07) is 0. The highest BCUT2D eigenvalue weighted by molar-refractivity contribution is 5.96. The summed E-state index contributed by atoms with van der Waals surface area (Å²) in [4.78, 5) is 40.0. The lowest BCUT2D eigenvalue weighted by atomic mass is 9.59. The van der Waals surface area contributed by atoms with Crippen LogP contribution in [-0.4, -0.2) is 68.2 Å². The van der Waals surface area contributed by atoms with Crippen molar-refractivity contribution >= 4 is 17.7 Å². The van der Waals surface area contributed by atoms with Crippen LogP contribution in [-0.2, 0) is 31.9 Å². The highest BCUT2D eigenvalue weighted by Gasteiger charge is 2.83. The zero-order valence-corrected chi connectivity index (χ0v) is 24.1. The monoisotopic (exact) mass is 557 g/mol. The summed E-state index contributed by atoms with van der Waals surface area (Å²) in [7, 11) is 0. The fraction of sp³-hybridized carbons (Fsp3) is 0.667. The van der Waals surface area contributed by atoms with E-state index in [9.17, 15) is 29.7 Å². The molecule has 5 rings (SSSR count). The van der Waals surface area contributed by atoms with E-state index in [-0.39, 0.29) is 23.3 Å². The first-order chi connectivity index (χ1) is 18.6. The van der Waals surface area contributed by atoms with Crippen molar-refractivity contribution < 1.29 is 43.7 Å². The Morgan fingerprint density at radius 3 is 2.45 bits per heavy atom. The van der Waals surface area contributed by atoms with Crippen LogP contribution in [0.4, 0.5) is 0 Å². The molecule has 3 N–H and O–H groups in total. The van der Waals surface area contributed by atoms with Crippen molar-refractivity contribution in [2.75, 3.05) is 6.61 Å². The quantitative estimate of drug-likeness (QED) is 0.351. The van der Waals surface area contributed by atoms with Gasteiger partial charge in [-0.2, -0.15) is 0 Å². The molecule has 1 aromatic heterocycles. The zero-order chi connectivity index (χ0) is 29.6. The van der Waals surface area contributed by atoms with Crippen LogP contribution in [0.15, 0.2) is 27.8 Å². The average molecular weight is 558 g/mol. The van der Waals surface area contributed by atoms with Gasteiger partial charge in [-0.3, -0.25) is 9.59 Å². The summed E-state index contributed by atoms with van der Waals surface area (Å²) >= 11 is 0. The van der Waals surface area contributed by atoms with Gasteiger partial charge >= 0.3 is 11.9 Å². The molecule has 2 saturated carbocycles. The normalized spacial score (nSPS) is 39.2. The Hall–Kier alpha value is -2.82. The van der Waals surface area contributed by atoms with Gasteiger partial charge in [0.25, 0.3) is 0 Å². The number of fused-ring (bicyclic) bond motifs is 3. The summed E-state index contributed by atoms with van der Waals surface area (Å²) in [6.45, 7) is 11.8. The van der Waals surface area contributed by atoms with E-state index in [1.54, 1.807) is 26.0 Å². The number of Topliss-reactive ketones (excluding diaryl/α,β-unsaturated/α-hetero) is 1. The fourth-order valence-corrected chi connectivity index (χ4v) is 8.27. The van der Waals surface area contributed by atoms with Gasteiger partial charge in [-0.25, -0.2) is 4.79 Å². The Morgan fingerprint density at radius 1 is 1.18 bits per heavy atom. The molecule has 2 bridgehead atoms. The summed E-state index contributed by atoms with van der Waals surface area (Å²) in [5.74, 6) is -3.07. The average Bonchev–Trinajstić information content (AvgIpc) is 3.15. The van der Waals surface area contributed by atoms with Crippen LogP contribution < -0.4 is 0 Å². The summed E-state index contributed by atoms with van der Waals surface area (Å²) < 4.78 is 16.9. The Balaban J connectivity index is 1.61. The van der Waals surface area contributed by atoms with Crippen molar-refractivity contribution in [2.24, 2.45) is 28.6 Å². The predicted octanol–water partition coefficient (Wildman–Crippen LogP) is 2.48. The number of nitrogens with zero attached hydrogens (tertiary/aromatic N) is 1. The molecule has 10 nitrogen and oxygen atoms in total. The molecule has 4 aliphatic rings. The lowest BCUT2D eigenvalue weighted by molar-refractivity contribution is -0.191. The number of hydrogen-bond acceptors (Lipinski definition) is 10. The molecule has 0 saturated heterocycles. The SMILES string of the molecule is CCc1noc(CC)c1C(=O)OCC1=C[C@@H]2C(=O)C3(C=C(C)[C@H](O)[C@@]3(O)[C@@H]1O)C(C)C[C@]1(OC(C)=O)[C@H]2C1(C)C. The second-order valence-electron chi connectivity index (χ2n) is 12.5. The van der Waals surface area contributed by atoms with Gasteiger partial charge < -0.3 is 29.3 Å². The number of aliphatic hydroxyl groups excluding tert-OH is 2. The maximum atomic E-state index is 14.6. The molecule has 1 spiro atoms. The lowest BCUT2D eigenvalue weighted by Crippen LogP contribution is -2.65. The number of esters is 2. The van der Waals surface area contributed by atoms with E-state index < -0.39 is 70.5 Å². The number of ketones is 1. The van der Waals surface area contributed by atoms with E-state index in [4.69, 9.17) is 14.0 Å². The molecule has 2 fully saturated rings. The van der Waals surface area contributed by atoms with E-state index in [2.05, 4.69) is 5.16 Å². The summed E-state index contributed by atoms with van der Waals surface area (Å²) in [5, 5.41) is 39.2. The van der Waals surface area contributed by atoms with Gasteiger partial charge in [-0.15, -0.1) is 0 Å². The van der Waals surface area contributed by atoms with Gasteiger partial charge in [-0.05, 0) is 36.8 Å². The minimum atomic E-state index is -2.32. The first-order valence-corrected chi connectivity index (χ1v) is 14.0. The number of aryl methyl sites for hydroxylation is 2. The van der Waals surface area contributed by atoms with Crippen molar-refractivity contribution in [3.8, 4) is 0 Å². The van der Waals surface area contributed by atoms with Gasteiger partial charge in [-0.1, -0.05) is 51.9 Å². The number of rotatable bonds is 6. The van der Waals surface area contributed by atoms with Crippen LogP contribution in [0, 0.1) is 28.6 Å². The first kappa shape index (κ1) is 28.7. The van der Waals surface area contributed by atoms with Crippen molar-refractivity contribution in [1.82, 2.24) is 5.16 Å². The highest BCUT2D eigenvalue weighted by atomic mass is 16.6. The van der Waals surface area contributed by atoms with Crippen LogP contribution in [0.1, 0.15) is 76.7 Å². The van der Waals surface area contributed by atoms with Crippen molar-refractivity contribution in [1.29, 1.82) is 0 Å². The molecule has 1 aromatic rings. The largest absolute Gasteiger partial charge is 0.458 e. The number of hydrogen-bond donors (Lipinski definition) is 3. The van der Waals surface area contributed by atoms with Crippen LogP contribution in [0.25, 0.3) is 0 Å². The van der Waals surface area contributed by atoms with E-state index in [1.807, 2.05) is 27.7 Å². The Kier molecular flexibility index (Phi) is 6.52. The minimum Gasteiger partial charge on any atom is -0.458 e. The molecule has 40 heavy (non-hydrogen) atoms. The number of aliphatic hydroxyl groups is 3. The van der Waals surface area contributed by atoms with Gasteiger partial charge in [0.1, 0.15) is 35.6 Å². The van der Waals surface area contributed by atoms with Gasteiger partial charge in [0.15, 0.2) is 11.5 Å². The zero-order valence-electron chi connectivity index (χ0n) is 24.1. The van der Waals surface area contributed by atoms with Crippen molar-refractivity contribution in [2.45, 2.75) is 91.1 Å². The molecule has 0 amide bonds. The molecular weight excluding hydrogens is 518 g/mol. The molecule has 4 aliphatic carbocycles. The summed E-state index contributed by atoms with van der Waals surface area (Å²) in [5.41, 5.74) is -4.40. The van der Waals surface area contributed by atoms with Gasteiger partial charge in [0.2, 0.25) is 0 Å². The Labute approximate surface area is 233 Å². The highest BCUT2D eigenvalue weighted by Crippen LogP contribution is 2.75. The molecule has 0 aromatic carbocycles. The standard InChI is InChI=1S/C30H39NO9/c1-8-19-21(20(9-2)40-31-19)26(36)38-13-17-10-18-22-27(6,7)29(22,39-16(5)32)12-15(4)28(25(18)35)11-14(3)23(33)30(28,37)24(17)34/h10-11,15,18,22-24,33-34,37H,8-9,12-13H2,1-7H3/t15?,18-,22+,23-,24+,28?,29-,30+/m0/s1. The maximum Gasteiger partial charge on any atom is 0.344 e. The number of carbonyl (C=O) groups is 3. The number of aromatic nitrogens is 1. The molecule has 0 aliphatic heterocycles. The van der Waals surface area contributed by atoms with Crippen LogP contribution in [0.5, 0.6) is 0 Å². The third-order valence-electron chi connectivity index (χ3n) is 10.3. The smallest absolute Gasteiger partial charge is 0.344 e. The summed E-state index contributed by atoms with van der Waals surface area (Å²) in [6.07, 6.45) is 1.01. The van der Waals surface area contributed by atoms with E-state index >= 15 is 0 Å². The van der Waals surface area contributed by atoms with Crippen molar-refractivity contribution in [3.05, 3.63) is 40.3 Å². The van der Waals surface area contributed by atoms with Gasteiger partial charge in [0, 0.05) is 30.6 Å². The lowest BCUT2D eigenvalue weighted by Gasteiger charge is -2.48.